The first-order valence-corrected chi connectivity index (χ1v) is 11.0. The van der Waals surface area contributed by atoms with Gasteiger partial charge in [0.25, 0.3) is 0 Å². The van der Waals surface area contributed by atoms with Crippen molar-refractivity contribution in [2.24, 2.45) is 0 Å². The van der Waals surface area contributed by atoms with Crippen molar-refractivity contribution in [1.82, 2.24) is 14.7 Å². The number of nitrogens with zero attached hydrogens (tertiary/aromatic N) is 3. The highest BCUT2D eigenvalue weighted by Gasteiger charge is 2.31. The summed E-state index contributed by atoms with van der Waals surface area (Å²) in [5.74, 6) is -0.267. The zero-order valence-electron chi connectivity index (χ0n) is 17.7. The SMILES string of the molecule is O=C(Nc1ccc(F)cc1)[C@H](c1ccccc1)N1CCN(CC(=O)N2CCCC2)CC1. The Morgan fingerprint density at radius 1 is 0.871 bits per heavy atom. The van der Waals surface area contributed by atoms with Crippen LogP contribution in [0.25, 0.3) is 0 Å². The van der Waals surface area contributed by atoms with Gasteiger partial charge >= 0.3 is 0 Å². The van der Waals surface area contributed by atoms with Crippen LogP contribution in [-0.2, 0) is 9.59 Å². The van der Waals surface area contributed by atoms with Gasteiger partial charge in [0, 0.05) is 45.0 Å². The van der Waals surface area contributed by atoms with E-state index >= 15 is 0 Å². The number of carbonyl (C=O) groups is 2. The van der Waals surface area contributed by atoms with Gasteiger partial charge < -0.3 is 10.2 Å². The van der Waals surface area contributed by atoms with E-state index < -0.39 is 6.04 Å². The van der Waals surface area contributed by atoms with Crippen molar-refractivity contribution in [3.63, 3.8) is 0 Å². The van der Waals surface area contributed by atoms with Crippen LogP contribution in [0.1, 0.15) is 24.4 Å². The van der Waals surface area contributed by atoms with Gasteiger partial charge in [-0.05, 0) is 42.7 Å². The molecule has 1 atom stereocenters. The third-order valence-corrected chi connectivity index (χ3v) is 6.07. The molecule has 0 bridgehead atoms. The largest absolute Gasteiger partial charge is 0.342 e. The van der Waals surface area contributed by atoms with Gasteiger partial charge in [0.05, 0.1) is 6.54 Å². The van der Waals surface area contributed by atoms with Crippen LogP contribution in [0.4, 0.5) is 10.1 Å². The van der Waals surface area contributed by atoms with Crippen molar-refractivity contribution in [3.05, 3.63) is 66.0 Å². The predicted molar refractivity (Wildman–Crippen MR) is 118 cm³/mol. The fourth-order valence-electron chi connectivity index (χ4n) is 4.34. The maximum absolute atomic E-state index is 13.2. The van der Waals surface area contributed by atoms with Crippen LogP contribution in [0.3, 0.4) is 0 Å². The number of anilines is 1. The smallest absolute Gasteiger partial charge is 0.246 e. The van der Waals surface area contributed by atoms with Crippen molar-refractivity contribution >= 4 is 17.5 Å². The summed E-state index contributed by atoms with van der Waals surface area (Å²) < 4.78 is 13.2. The van der Waals surface area contributed by atoms with E-state index in [2.05, 4.69) is 15.1 Å². The number of benzene rings is 2. The molecule has 0 aromatic heterocycles. The van der Waals surface area contributed by atoms with Gasteiger partial charge in [0.15, 0.2) is 0 Å². The summed E-state index contributed by atoms with van der Waals surface area (Å²) >= 11 is 0. The Labute approximate surface area is 182 Å². The van der Waals surface area contributed by atoms with Crippen LogP contribution in [0.15, 0.2) is 54.6 Å². The fraction of sp³-hybridized carbons (Fsp3) is 0.417. The summed E-state index contributed by atoms with van der Waals surface area (Å²) in [5, 5.41) is 2.92. The maximum Gasteiger partial charge on any atom is 0.246 e. The van der Waals surface area contributed by atoms with Crippen LogP contribution in [-0.4, -0.2) is 72.3 Å². The minimum atomic E-state index is -0.442. The average molecular weight is 425 g/mol. The zero-order chi connectivity index (χ0) is 21.6. The van der Waals surface area contributed by atoms with E-state index in [0.29, 0.717) is 25.3 Å². The first-order chi connectivity index (χ1) is 15.1. The molecule has 2 fully saturated rings. The summed E-state index contributed by atoms with van der Waals surface area (Å²) in [4.78, 5) is 32.0. The second-order valence-electron chi connectivity index (χ2n) is 8.21. The van der Waals surface area contributed by atoms with Gasteiger partial charge in [-0.2, -0.15) is 0 Å². The Balaban J connectivity index is 1.41. The van der Waals surface area contributed by atoms with Gasteiger partial charge in [-0.1, -0.05) is 30.3 Å². The second kappa shape index (κ2) is 10.0. The average Bonchev–Trinajstić information content (AvgIpc) is 3.33. The van der Waals surface area contributed by atoms with E-state index in [4.69, 9.17) is 0 Å². The molecule has 0 saturated carbocycles. The summed E-state index contributed by atoms with van der Waals surface area (Å²) in [7, 11) is 0. The Kier molecular flexibility index (Phi) is 6.94. The van der Waals surface area contributed by atoms with Crippen LogP contribution in [0.5, 0.6) is 0 Å². The number of piperazine rings is 1. The number of hydrogen-bond acceptors (Lipinski definition) is 4. The fourth-order valence-corrected chi connectivity index (χ4v) is 4.34. The number of amides is 2. The monoisotopic (exact) mass is 424 g/mol. The van der Waals surface area contributed by atoms with Gasteiger partial charge in [-0.3, -0.25) is 19.4 Å². The lowest BCUT2D eigenvalue weighted by molar-refractivity contribution is -0.132. The molecule has 2 aromatic carbocycles. The van der Waals surface area contributed by atoms with E-state index in [1.54, 1.807) is 12.1 Å². The normalized spacial score (nSPS) is 18.7. The van der Waals surface area contributed by atoms with Crippen molar-refractivity contribution in [2.75, 3.05) is 51.1 Å². The third-order valence-electron chi connectivity index (χ3n) is 6.07. The predicted octanol–water partition coefficient (Wildman–Crippen LogP) is 2.75. The molecule has 0 unspecified atom stereocenters. The molecule has 0 radical (unpaired) electrons. The minimum absolute atomic E-state index is 0.139. The molecule has 1 N–H and O–H groups in total. The number of likely N-dealkylation sites (tertiary alicyclic amines) is 1. The van der Waals surface area contributed by atoms with Crippen molar-refractivity contribution < 1.29 is 14.0 Å². The minimum Gasteiger partial charge on any atom is -0.342 e. The van der Waals surface area contributed by atoms with Crippen LogP contribution < -0.4 is 5.32 Å². The molecule has 0 aliphatic carbocycles. The summed E-state index contributed by atoms with van der Waals surface area (Å²) in [6.45, 7) is 5.08. The second-order valence-corrected chi connectivity index (χ2v) is 8.21. The number of hydrogen-bond donors (Lipinski definition) is 1. The van der Waals surface area contributed by atoms with Gasteiger partial charge in [-0.25, -0.2) is 4.39 Å². The van der Waals surface area contributed by atoms with Crippen molar-refractivity contribution in [2.45, 2.75) is 18.9 Å². The molecule has 2 amide bonds. The molecule has 6 nitrogen and oxygen atoms in total. The molecule has 2 heterocycles. The van der Waals surface area contributed by atoms with Crippen molar-refractivity contribution in [3.8, 4) is 0 Å². The number of carbonyl (C=O) groups excluding carboxylic acids is 2. The Bertz CT molecular complexity index is 876. The highest BCUT2D eigenvalue weighted by Crippen LogP contribution is 2.24. The number of halogens is 1. The zero-order valence-corrected chi connectivity index (χ0v) is 17.7. The molecule has 2 aromatic rings. The quantitative estimate of drug-likeness (QED) is 0.775. The van der Waals surface area contributed by atoms with E-state index in [0.717, 1.165) is 44.6 Å². The van der Waals surface area contributed by atoms with E-state index in [1.165, 1.54) is 12.1 Å². The Morgan fingerprint density at radius 3 is 2.16 bits per heavy atom. The number of rotatable bonds is 6. The molecule has 2 aliphatic rings. The standard InChI is InChI=1S/C24H29FN4O2/c25-20-8-10-21(11-9-20)26-24(31)23(19-6-2-1-3-7-19)29-16-14-27(15-17-29)18-22(30)28-12-4-5-13-28/h1-3,6-11,23H,4-5,12-18H2,(H,26,31)/t23-/m0/s1. The summed E-state index contributed by atoms with van der Waals surface area (Å²) in [6, 6.07) is 15.1. The molecule has 31 heavy (non-hydrogen) atoms. The highest BCUT2D eigenvalue weighted by molar-refractivity contribution is 5.95. The highest BCUT2D eigenvalue weighted by atomic mass is 19.1. The molecule has 164 valence electrons. The van der Waals surface area contributed by atoms with E-state index in [9.17, 15) is 14.0 Å². The van der Waals surface area contributed by atoms with Crippen LogP contribution >= 0.6 is 0 Å². The molecule has 2 saturated heterocycles. The molecule has 4 rings (SSSR count). The molecular formula is C24H29FN4O2. The van der Waals surface area contributed by atoms with Gasteiger partial charge in [-0.15, -0.1) is 0 Å². The molecule has 7 heteroatoms. The molecule has 2 aliphatic heterocycles. The number of nitrogens with one attached hydrogen (secondary N) is 1. The first kappa shape index (κ1) is 21.5. The lowest BCUT2D eigenvalue weighted by Gasteiger charge is -2.39. The lowest BCUT2D eigenvalue weighted by Crippen LogP contribution is -2.52. The maximum atomic E-state index is 13.2. The third kappa shape index (κ3) is 5.48. The Hall–Kier alpha value is -2.77. The van der Waals surface area contributed by atoms with Crippen LogP contribution in [0, 0.1) is 5.82 Å². The first-order valence-electron chi connectivity index (χ1n) is 11.0. The van der Waals surface area contributed by atoms with Gasteiger partial charge in [0.2, 0.25) is 11.8 Å². The van der Waals surface area contributed by atoms with E-state index in [-0.39, 0.29) is 17.6 Å². The summed E-state index contributed by atoms with van der Waals surface area (Å²) in [6.07, 6.45) is 2.20. The van der Waals surface area contributed by atoms with E-state index in [1.807, 2.05) is 35.2 Å². The molecular weight excluding hydrogens is 395 g/mol. The van der Waals surface area contributed by atoms with Gasteiger partial charge in [0.1, 0.15) is 11.9 Å². The topological polar surface area (TPSA) is 55.9 Å². The van der Waals surface area contributed by atoms with Crippen molar-refractivity contribution in [1.29, 1.82) is 0 Å². The lowest BCUT2D eigenvalue weighted by atomic mass is 10.0. The summed E-state index contributed by atoms with van der Waals surface area (Å²) in [5.41, 5.74) is 1.49. The molecule has 0 spiro atoms. The van der Waals surface area contributed by atoms with Crippen LogP contribution in [0.2, 0.25) is 0 Å². The Morgan fingerprint density at radius 2 is 1.52 bits per heavy atom.